The Labute approximate surface area is 80.9 Å². The molecule has 1 rings (SSSR count). The lowest BCUT2D eigenvalue weighted by Crippen LogP contribution is -2.08. The maximum atomic E-state index is 8.61. The summed E-state index contributed by atoms with van der Waals surface area (Å²) in [5.41, 5.74) is -0.0963. The van der Waals surface area contributed by atoms with E-state index in [1.54, 1.807) is 0 Å². The van der Waals surface area contributed by atoms with Gasteiger partial charge in [0.2, 0.25) is 0 Å². The van der Waals surface area contributed by atoms with Gasteiger partial charge in [0.25, 0.3) is 0 Å². The van der Waals surface area contributed by atoms with E-state index in [1.807, 2.05) is 6.92 Å². The lowest BCUT2D eigenvalue weighted by molar-refractivity contribution is 0.296. The Bertz CT molecular complexity index is 197. The molecule has 13 heavy (non-hydrogen) atoms. The highest BCUT2D eigenvalue weighted by molar-refractivity contribution is 5.11. The van der Waals surface area contributed by atoms with Crippen molar-refractivity contribution in [1.29, 1.82) is 5.26 Å². The number of rotatable bonds is 6. The summed E-state index contributed by atoms with van der Waals surface area (Å²) in [4.78, 5) is 0. The van der Waals surface area contributed by atoms with Crippen molar-refractivity contribution >= 4 is 0 Å². The van der Waals surface area contributed by atoms with Gasteiger partial charge in [-0.1, -0.05) is 39.0 Å². The van der Waals surface area contributed by atoms with Crippen molar-refractivity contribution in [2.24, 2.45) is 0 Å². The quantitative estimate of drug-likeness (QED) is 0.466. The predicted molar refractivity (Wildman–Crippen MR) is 52.3 cm³/mol. The number of nitrogens with zero attached hydrogens (tertiary/aromatic N) is 1. The lowest BCUT2D eigenvalue weighted by Gasteiger charge is -2.03. The van der Waals surface area contributed by atoms with E-state index in [-0.39, 0.29) is 11.7 Å². The normalized spacial score (nSPS) is 31.3. The van der Waals surface area contributed by atoms with Gasteiger partial charge in [0.05, 0.1) is 6.07 Å². The van der Waals surface area contributed by atoms with Crippen molar-refractivity contribution in [3.63, 3.8) is 0 Å². The first-order chi connectivity index (χ1) is 6.23. The smallest absolute Gasteiger partial charge is 0.173 e. The summed E-state index contributed by atoms with van der Waals surface area (Å²) in [6, 6.07) is 2.16. The maximum Gasteiger partial charge on any atom is 0.173 e. The van der Waals surface area contributed by atoms with Gasteiger partial charge in [-0.15, -0.1) is 0 Å². The molecule has 2 unspecified atom stereocenters. The molecule has 0 aliphatic carbocycles. The molecule has 2 heteroatoms. The van der Waals surface area contributed by atoms with Crippen LogP contribution in [0.15, 0.2) is 0 Å². The minimum absolute atomic E-state index is 0.0963. The monoisotopic (exact) mass is 181 g/mol. The van der Waals surface area contributed by atoms with E-state index >= 15 is 0 Å². The number of hydrogen-bond donors (Lipinski definition) is 0. The molecular formula is C11H19NO. The van der Waals surface area contributed by atoms with E-state index in [4.69, 9.17) is 10.00 Å². The molecule has 0 spiro atoms. The van der Waals surface area contributed by atoms with Crippen molar-refractivity contribution in [3.05, 3.63) is 0 Å². The van der Waals surface area contributed by atoms with Crippen LogP contribution in [0.2, 0.25) is 0 Å². The van der Waals surface area contributed by atoms with Crippen molar-refractivity contribution < 1.29 is 4.74 Å². The SMILES string of the molecule is CCCCCCCC1(C)OC1C#N. The highest BCUT2D eigenvalue weighted by Crippen LogP contribution is 2.40. The zero-order valence-electron chi connectivity index (χ0n) is 8.68. The molecular weight excluding hydrogens is 162 g/mol. The molecule has 1 saturated heterocycles. The van der Waals surface area contributed by atoms with E-state index in [2.05, 4.69) is 13.0 Å². The van der Waals surface area contributed by atoms with Crippen LogP contribution in [-0.4, -0.2) is 11.7 Å². The molecule has 1 aliphatic rings. The van der Waals surface area contributed by atoms with E-state index in [1.165, 1.54) is 32.1 Å². The fourth-order valence-corrected chi connectivity index (χ4v) is 1.67. The van der Waals surface area contributed by atoms with E-state index < -0.39 is 0 Å². The van der Waals surface area contributed by atoms with Gasteiger partial charge in [-0.3, -0.25) is 0 Å². The number of unbranched alkanes of at least 4 members (excludes halogenated alkanes) is 4. The molecule has 2 atom stereocenters. The largest absolute Gasteiger partial charge is 0.350 e. The average Bonchev–Trinajstić information content (AvgIpc) is 2.77. The van der Waals surface area contributed by atoms with Crippen LogP contribution in [0.25, 0.3) is 0 Å². The van der Waals surface area contributed by atoms with E-state index in [0.29, 0.717) is 0 Å². The summed E-state index contributed by atoms with van der Waals surface area (Å²) in [6.45, 7) is 4.26. The molecule has 1 aliphatic heterocycles. The standard InChI is InChI=1S/C11H19NO/c1-3-4-5-6-7-8-11(2)10(9-12)13-11/h10H,3-8H2,1-2H3. The third kappa shape index (κ3) is 3.00. The second-order valence-electron chi connectivity index (χ2n) is 4.10. The number of hydrogen-bond acceptors (Lipinski definition) is 2. The molecule has 1 heterocycles. The predicted octanol–water partition coefficient (Wildman–Crippen LogP) is 3.03. The topological polar surface area (TPSA) is 36.3 Å². The third-order valence-corrected chi connectivity index (χ3v) is 2.78. The summed E-state index contributed by atoms with van der Waals surface area (Å²) in [5.74, 6) is 0. The second kappa shape index (κ2) is 4.62. The van der Waals surface area contributed by atoms with Gasteiger partial charge in [-0.25, -0.2) is 0 Å². The molecule has 0 aromatic heterocycles. The second-order valence-corrected chi connectivity index (χ2v) is 4.10. The zero-order chi connectivity index (χ0) is 9.73. The van der Waals surface area contributed by atoms with Crippen LogP contribution in [0.3, 0.4) is 0 Å². The summed E-state index contributed by atoms with van der Waals surface area (Å²) in [6.07, 6.45) is 7.35. The van der Waals surface area contributed by atoms with Crippen LogP contribution in [0.1, 0.15) is 52.4 Å². The first kappa shape index (κ1) is 10.5. The Kier molecular flexibility index (Phi) is 3.74. The molecule has 0 N–H and O–H groups in total. The van der Waals surface area contributed by atoms with Crippen LogP contribution < -0.4 is 0 Å². The Morgan fingerprint density at radius 1 is 1.31 bits per heavy atom. The number of ether oxygens (including phenoxy) is 1. The van der Waals surface area contributed by atoms with Crippen LogP contribution in [0.5, 0.6) is 0 Å². The van der Waals surface area contributed by atoms with Gasteiger partial charge in [0, 0.05) is 0 Å². The molecule has 1 fully saturated rings. The van der Waals surface area contributed by atoms with Crippen molar-refractivity contribution in [2.75, 3.05) is 0 Å². The minimum atomic E-state index is -0.126. The molecule has 0 aromatic rings. The fraction of sp³-hybridized carbons (Fsp3) is 0.909. The zero-order valence-corrected chi connectivity index (χ0v) is 8.68. The van der Waals surface area contributed by atoms with Gasteiger partial charge in [-0.2, -0.15) is 5.26 Å². The molecule has 74 valence electrons. The fourth-order valence-electron chi connectivity index (χ4n) is 1.67. The lowest BCUT2D eigenvalue weighted by atomic mass is 9.99. The van der Waals surface area contributed by atoms with Crippen LogP contribution in [-0.2, 0) is 4.74 Å². The van der Waals surface area contributed by atoms with Crippen LogP contribution in [0.4, 0.5) is 0 Å². The highest BCUT2D eigenvalue weighted by atomic mass is 16.6. The van der Waals surface area contributed by atoms with Gasteiger partial charge >= 0.3 is 0 Å². The van der Waals surface area contributed by atoms with Crippen LogP contribution >= 0.6 is 0 Å². The first-order valence-corrected chi connectivity index (χ1v) is 5.30. The Morgan fingerprint density at radius 2 is 2.00 bits per heavy atom. The summed E-state index contributed by atoms with van der Waals surface area (Å²) >= 11 is 0. The highest BCUT2D eigenvalue weighted by Gasteiger charge is 2.51. The molecule has 0 aromatic carbocycles. The summed E-state index contributed by atoms with van der Waals surface area (Å²) in [5, 5.41) is 8.61. The van der Waals surface area contributed by atoms with Gasteiger partial charge < -0.3 is 4.74 Å². The minimum Gasteiger partial charge on any atom is -0.350 e. The van der Waals surface area contributed by atoms with Gasteiger partial charge in [0.1, 0.15) is 5.60 Å². The summed E-state index contributed by atoms with van der Waals surface area (Å²) < 4.78 is 5.30. The molecule has 2 nitrogen and oxygen atoms in total. The number of epoxide rings is 1. The molecule has 0 amide bonds. The van der Waals surface area contributed by atoms with E-state index in [0.717, 1.165) is 6.42 Å². The van der Waals surface area contributed by atoms with Crippen molar-refractivity contribution in [2.45, 2.75) is 64.1 Å². The Hall–Kier alpha value is -0.550. The van der Waals surface area contributed by atoms with Gasteiger partial charge in [0.15, 0.2) is 6.10 Å². The first-order valence-electron chi connectivity index (χ1n) is 5.30. The Morgan fingerprint density at radius 3 is 2.54 bits per heavy atom. The average molecular weight is 181 g/mol. The van der Waals surface area contributed by atoms with Crippen molar-refractivity contribution in [1.82, 2.24) is 0 Å². The molecule has 0 radical (unpaired) electrons. The van der Waals surface area contributed by atoms with E-state index in [9.17, 15) is 0 Å². The summed E-state index contributed by atoms with van der Waals surface area (Å²) in [7, 11) is 0. The third-order valence-electron chi connectivity index (χ3n) is 2.78. The molecule has 0 bridgehead atoms. The van der Waals surface area contributed by atoms with Crippen molar-refractivity contribution in [3.8, 4) is 6.07 Å². The van der Waals surface area contributed by atoms with Gasteiger partial charge in [-0.05, 0) is 13.3 Å². The number of nitriles is 1. The molecule has 0 saturated carbocycles. The maximum absolute atomic E-state index is 8.61. The Balaban J connectivity index is 1.99. The van der Waals surface area contributed by atoms with Crippen LogP contribution in [0, 0.1) is 11.3 Å².